The molecule has 1 rings (SSSR count). The highest BCUT2D eigenvalue weighted by atomic mass is 16.5. The number of carbonyl (C=O) groups is 1. The zero-order valence-corrected chi connectivity index (χ0v) is 11.6. The molecular weight excluding hydrogens is 216 g/mol. The summed E-state index contributed by atoms with van der Waals surface area (Å²) in [4.78, 5) is 10.9. The molecule has 0 saturated heterocycles. The zero-order valence-electron chi connectivity index (χ0n) is 11.6. The van der Waals surface area contributed by atoms with Crippen molar-refractivity contribution in [3.8, 4) is 0 Å². The van der Waals surface area contributed by atoms with E-state index in [1.54, 1.807) is 13.8 Å². The topological polar surface area (TPSA) is 46.5 Å². The number of hydrogen-bond acceptors (Lipinski definition) is 2. The molecule has 0 aromatic rings. The molecule has 3 heteroatoms. The molecule has 0 aromatic heterocycles. The highest BCUT2D eigenvalue weighted by molar-refractivity contribution is 5.73. The first-order valence-electron chi connectivity index (χ1n) is 6.58. The Labute approximate surface area is 105 Å². The average molecular weight is 242 g/mol. The van der Waals surface area contributed by atoms with Crippen molar-refractivity contribution in [3.63, 3.8) is 0 Å². The van der Waals surface area contributed by atoms with Crippen LogP contribution in [0, 0.1) is 10.8 Å². The number of rotatable bonds is 5. The van der Waals surface area contributed by atoms with Crippen LogP contribution in [0.3, 0.4) is 0 Å². The van der Waals surface area contributed by atoms with Crippen molar-refractivity contribution < 1.29 is 14.6 Å². The van der Waals surface area contributed by atoms with Crippen LogP contribution in [0.4, 0.5) is 0 Å². The maximum Gasteiger partial charge on any atom is 0.309 e. The molecule has 0 atom stereocenters. The molecule has 1 aliphatic carbocycles. The van der Waals surface area contributed by atoms with Crippen LogP contribution in [0.1, 0.15) is 59.8 Å². The highest BCUT2D eigenvalue weighted by Crippen LogP contribution is 2.36. The Morgan fingerprint density at radius 1 is 1.35 bits per heavy atom. The van der Waals surface area contributed by atoms with E-state index in [1.807, 2.05) is 0 Å². The van der Waals surface area contributed by atoms with E-state index in [4.69, 9.17) is 9.84 Å². The standard InChI is InChI=1S/C14H26O3/c1-13(2)7-5-11(6-8-13)17-10-9-14(3,4)12(15)16/h11H,5-10H2,1-4H3,(H,15,16). The third-order valence-electron chi connectivity index (χ3n) is 3.95. The van der Waals surface area contributed by atoms with Gasteiger partial charge >= 0.3 is 5.97 Å². The largest absolute Gasteiger partial charge is 0.481 e. The highest BCUT2D eigenvalue weighted by Gasteiger charge is 2.29. The molecular formula is C14H26O3. The van der Waals surface area contributed by atoms with Crippen LogP contribution >= 0.6 is 0 Å². The van der Waals surface area contributed by atoms with Gasteiger partial charge in [0, 0.05) is 6.61 Å². The van der Waals surface area contributed by atoms with Gasteiger partial charge in [-0.25, -0.2) is 0 Å². The second-order valence-electron chi connectivity index (χ2n) is 6.67. The Hall–Kier alpha value is -0.570. The summed E-state index contributed by atoms with van der Waals surface area (Å²) < 4.78 is 5.80. The number of aliphatic carboxylic acids is 1. The summed E-state index contributed by atoms with van der Waals surface area (Å²) in [7, 11) is 0. The predicted octanol–water partition coefficient (Wildman–Crippen LogP) is 3.47. The van der Waals surface area contributed by atoms with Crippen LogP contribution in [0.5, 0.6) is 0 Å². The Kier molecular flexibility index (Phi) is 4.59. The SMILES string of the molecule is CC1(C)CCC(OCCC(C)(C)C(=O)O)CC1. The van der Waals surface area contributed by atoms with Crippen molar-refractivity contribution in [1.29, 1.82) is 0 Å². The molecule has 3 nitrogen and oxygen atoms in total. The van der Waals surface area contributed by atoms with Gasteiger partial charge in [0.25, 0.3) is 0 Å². The Balaban J connectivity index is 2.23. The Morgan fingerprint density at radius 3 is 2.35 bits per heavy atom. The van der Waals surface area contributed by atoms with Gasteiger partial charge in [0.05, 0.1) is 11.5 Å². The van der Waals surface area contributed by atoms with E-state index < -0.39 is 11.4 Å². The lowest BCUT2D eigenvalue weighted by atomic mass is 9.76. The summed E-state index contributed by atoms with van der Waals surface area (Å²) in [5, 5.41) is 8.99. The minimum atomic E-state index is -0.745. The average Bonchev–Trinajstić information content (AvgIpc) is 2.20. The first-order chi connectivity index (χ1) is 7.73. The summed E-state index contributed by atoms with van der Waals surface area (Å²) >= 11 is 0. The van der Waals surface area contributed by atoms with Gasteiger partial charge in [-0.05, 0) is 51.4 Å². The number of carboxylic acid groups (broad SMARTS) is 1. The molecule has 1 N–H and O–H groups in total. The number of ether oxygens (including phenoxy) is 1. The molecule has 0 bridgehead atoms. The van der Waals surface area contributed by atoms with Crippen molar-refractivity contribution in [2.45, 2.75) is 65.9 Å². The molecule has 1 fully saturated rings. The first kappa shape index (κ1) is 14.5. The Morgan fingerprint density at radius 2 is 1.88 bits per heavy atom. The van der Waals surface area contributed by atoms with E-state index in [0.717, 1.165) is 12.8 Å². The van der Waals surface area contributed by atoms with Gasteiger partial charge in [0.1, 0.15) is 0 Å². The molecule has 0 radical (unpaired) electrons. The van der Waals surface area contributed by atoms with Crippen LogP contribution in [0.2, 0.25) is 0 Å². The van der Waals surface area contributed by atoms with Crippen molar-refractivity contribution in [2.75, 3.05) is 6.61 Å². The summed E-state index contributed by atoms with van der Waals surface area (Å²) in [5.41, 5.74) is -0.214. The lowest BCUT2D eigenvalue weighted by Gasteiger charge is -2.34. The summed E-state index contributed by atoms with van der Waals surface area (Å²) in [6.07, 6.45) is 5.57. The van der Waals surface area contributed by atoms with Crippen LogP contribution in [-0.2, 0) is 9.53 Å². The Bertz CT molecular complexity index is 259. The van der Waals surface area contributed by atoms with Crippen molar-refractivity contribution in [2.24, 2.45) is 10.8 Å². The fourth-order valence-corrected chi connectivity index (χ4v) is 2.13. The van der Waals surface area contributed by atoms with E-state index in [0.29, 0.717) is 24.5 Å². The van der Waals surface area contributed by atoms with E-state index in [1.165, 1.54) is 12.8 Å². The second kappa shape index (κ2) is 5.38. The normalized spacial score (nSPS) is 21.4. The van der Waals surface area contributed by atoms with Gasteiger partial charge in [0.15, 0.2) is 0 Å². The smallest absolute Gasteiger partial charge is 0.309 e. The quantitative estimate of drug-likeness (QED) is 0.803. The fraction of sp³-hybridized carbons (Fsp3) is 0.929. The van der Waals surface area contributed by atoms with Gasteiger partial charge in [-0.15, -0.1) is 0 Å². The molecule has 0 aliphatic heterocycles. The lowest BCUT2D eigenvalue weighted by Crippen LogP contribution is -2.29. The van der Waals surface area contributed by atoms with Gasteiger partial charge in [-0.2, -0.15) is 0 Å². The molecule has 0 unspecified atom stereocenters. The van der Waals surface area contributed by atoms with Gasteiger partial charge in [-0.1, -0.05) is 13.8 Å². The van der Waals surface area contributed by atoms with Crippen LogP contribution < -0.4 is 0 Å². The molecule has 100 valence electrons. The fourth-order valence-electron chi connectivity index (χ4n) is 2.13. The number of hydrogen-bond donors (Lipinski definition) is 1. The minimum absolute atomic E-state index is 0.340. The summed E-state index contributed by atoms with van der Waals surface area (Å²) in [5.74, 6) is -0.745. The van der Waals surface area contributed by atoms with Crippen LogP contribution in [-0.4, -0.2) is 23.8 Å². The molecule has 0 amide bonds. The first-order valence-corrected chi connectivity index (χ1v) is 6.58. The molecule has 0 spiro atoms. The molecule has 0 heterocycles. The second-order valence-corrected chi connectivity index (χ2v) is 6.67. The van der Waals surface area contributed by atoms with E-state index in [2.05, 4.69) is 13.8 Å². The lowest BCUT2D eigenvalue weighted by molar-refractivity contribution is -0.148. The maximum atomic E-state index is 10.9. The van der Waals surface area contributed by atoms with E-state index >= 15 is 0 Å². The molecule has 0 aromatic carbocycles. The van der Waals surface area contributed by atoms with Crippen molar-refractivity contribution >= 4 is 5.97 Å². The van der Waals surface area contributed by atoms with Gasteiger partial charge in [0.2, 0.25) is 0 Å². The van der Waals surface area contributed by atoms with Crippen LogP contribution in [0.25, 0.3) is 0 Å². The minimum Gasteiger partial charge on any atom is -0.481 e. The predicted molar refractivity (Wildman–Crippen MR) is 68.0 cm³/mol. The van der Waals surface area contributed by atoms with Gasteiger partial charge < -0.3 is 9.84 Å². The van der Waals surface area contributed by atoms with Gasteiger partial charge in [-0.3, -0.25) is 4.79 Å². The van der Waals surface area contributed by atoms with E-state index in [-0.39, 0.29) is 0 Å². The zero-order chi connectivity index (χ0) is 13.1. The third kappa shape index (κ3) is 4.66. The van der Waals surface area contributed by atoms with Crippen LogP contribution in [0.15, 0.2) is 0 Å². The molecule has 1 saturated carbocycles. The maximum absolute atomic E-state index is 10.9. The van der Waals surface area contributed by atoms with Crippen molar-refractivity contribution in [3.05, 3.63) is 0 Å². The summed E-state index contributed by atoms with van der Waals surface area (Å²) in [6.45, 7) is 8.67. The van der Waals surface area contributed by atoms with E-state index in [9.17, 15) is 4.79 Å². The number of carboxylic acids is 1. The third-order valence-corrected chi connectivity index (χ3v) is 3.95. The monoisotopic (exact) mass is 242 g/mol. The van der Waals surface area contributed by atoms with Crippen molar-refractivity contribution in [1.82, 2.24) is 0 Å². The summed E-state index contributed by atoms with van der Waals surface area (Å²) in [6, 6.07) is 0. The molecule has 17 heavy (non-hydrogen) atoms. The molecule has 1 aliphatic rings.